The van der Waals surface area contributed by atoms with Crippen LogP contribution in [0.4, 0.5) is 0 Å². The molecule has 0 amide bonds. The number of ether oxygens (including phenoxy) is 1. The van der Waals surface area contributed by atoms with Gasteiger partial charge in [-0.2, -0.15) is 0 Å². The number of hydrogen-bond donors (Lipinski definition) is 1. The lowest BCUT2D eigenvalue weighted by atomic mass is 9.96. The predicted molar refractivity (Wildman–Crippen MR) is 83.0 cm³/mol. The molecule has 1 atom stereocenters. The highest BCUT2D eigenvalue weighted by molar-refractivity contribution is 6.42. The number of para-hydroxylation sites is 1. The molecule has 1 heterocycles. The Balaban J connectivity index is 2.11. The summed E-state index contributed by atoms with van der Waals surface area (Å²) in [6, 6.07) is 11.9. The Bertz CT molecular complexity index is 642. The first-order valence-electron chi connectivity index (χ1n) is 6.58. The summed E-state index contributed by atoms with van der Waals surface area (Å²) < 4.78 is 5.79. The zero-order chi connectivity index (χ0) is 14.1. The summed E-state index contributed by atoms with van der Waals surface area (Å²) in [6.07, 6.45) is 0.961. The SMILES string of the molecule is CNC(c1cccc(Cl)c1Cl)c1cccc2c1OCC2. The van der Waals surface area contributed by atoms with Crippen molar-refractivity contribution in [3.63, 3.8) is 0 Å². The van der Waals surface area contributed by atoms with Crippen molar-refractivity contribution in [2.45, 2.75) is 12.5 Å². The van der Waals surface area contributed by atoms with Crippen molar-refractivity contribution < 1.29 is 4.74 Å². The fraction of sp³-hybridized carbons (Fsp3) is 0.250. The first-order valence-corrected chi connectivity index (χ1v) is 7.33. The number of halogens is 2. The van der Waals surface area contributed by atoms with Crippen LogP contribution in [-0.4, -0.2) is 13.7 Å². The Morgan fingerprint density at radius 1 is 1.10 bits per heavy atom. The Labute approximate surface area is 128 Å². The maximum Gasteiger partial charge on any atom is 0.127 e. The molecule has 104 valence electrons. The molecule has 4 heteroatoms. The summed E-state index contributed by atoms with van der Waals surface area (Å²) in [6.45, 7) is 0.742. The van der Waals surface area contributed by atoms with Crippen LogP contribution in [0.3, 0.4) is 0 Å². The van der Waals surface area contributed by atoms with Gasteiger partial charge in [-0.15, -0.1) is 0 Å². The van der Waals surface area contributed by atoms with E-state index in [1.165, 1.54) is 5.56 Å². The molecular formula is C16H15Cl2NO. The number of benzene rings is 2. The first kappa shape index (κ1) is 13.7. The van der Waals surface area contributed by atoms with Crippen molar-refractivity contribution in [3.05, 3.63) is 63.1 Å². The van der Waals surface area contributed by atoms with Gasteiger partial charge in [0.1, 0.15) is 5.75 Å². The number of nitrogens with one attached hydrogen (secondary N) is 1. The van der Waals surface area contributed by atoms with Gasteiger partial charge in [0.2, 0.25) is 0 Å². The lowest BCUT2D eigenvalue weighted by molar-refractivity contribution is 0.351. The van der Waals surface area contributed by atoms with Gasteiger partial charge in [-0.3, -0.25) is 0 Å². The van der Waals surface area contributed by atoms with E-state index in [0.717, 1.165) is 29.9 Å². The van der Waals surface area contributed by atoms with Crippen LogP contribution < -0.4 is 10.1 Å². The van der Waals surface area contributed by atoms with Crippen LogP contribution in [0.15, 0.2) is 36.4 Å². The summed E-state index contributed by atoms with van der Waals surface area (Å²) in [5.41, 5.74) is 3.32. The molecule has 0 saturated heterocycles. The van der Waals surface area contributed by atoms with Crippen LogP contribution >= 0.6 is 23.2 Å². The Kier molecular flexibility index (Phi) is 3.88. The maximum absolute atomic E-state index is 6.35. The molecule has 3 rings (SSSR count). The average molecular weight is 308 g/mol. The van der Waals surface area contributed by atoms with Gasteiger partial charge < -0.3 is 10.1 Å². The minimum atomic E-state index is -0.0331. The molecule has 1 aliphatic rings. The molecule has 1 aliphatic heterocycles. The summed E-state index contributed by atoms with van der Waals surface area (Å²) >= 11 is 12.5. The van der Waals surface area contributed by atoms with Crippen LogP contribution in [-0.2, 0) is 6.42 Å². The largest absolute Gasteiger partial charge is 0.493 e. The lowest BCUT2D eigenvalue weighted by Crippen LogP contribution is -2.18. The first-order chi connectivity index (χ1) is 9.72. The second-order valence-electron chi connectivity index (χ2n) is 4.80. The van der Waals surface area contributed by atoms with Crippen LogP contribution in [0.1, 0.15) is 22.7 Å². The van der Waals surface area contributed by atoms with E-state index in [4.69, 9.17) is 27.9 Å². The molecule has 0 aromatic heterocycles. The van der Waals surface area contributed by atoms with E-state index < -0.39 is 0 Å². The van der Waals surface area contributed by atoms with Crippen molar-refractivity contribution in [1.29, 1.82) is 0 Å². The van der Waals surface area contributed by atoms with Gasteiger partial charge in [-0.05, 0) is 24.2 Å². The zero-order valence-electron chi connectivity index (χ0n) is 11.1. The average Bonchev–Trinajstić information content (AvgIpc) is 2.93. The topological polar surface area (TPSA) is 21.3 Å². The van der Waals surface area contributed by atoms with E-state index >= 15 is 0 Å². The van der Waals surface area contributed by atoms with Gasteiger partial charge in [0.25, 0.3) is 0 Å². The van der Waals surface area contributed by atoms with Gasteiger partial charge >= 0.3 is 0 Å². The molecule has 0 bridgehead atoms. The van der Waals surface area contributed by atoms with Gasteiger partial charge in [-0.1, -0.05) is 53.5 Å². The van der Waals surface area contributed by atoms with Crippen LogP contribution in [0.2, 0.25) is 10.0 Å². The van der Waals surface area contributed by atoms with E-state index in [-0.39, 0.29) is 6.04 Å². The monoisotopic (exact) mass is 307 g/mol. The highest BCUT2D eigenvalue weighted by Crippen LogP contribution is 2.39. The van der Waals surface area contributed by atoms with E-state index in [9.17, 15) is 0 Å². The quantitative estimate of drug-likeness (QED) is 0.916. The van der Waals surface area contributed by atoms with E-state index in [1.807, 2.05) is 19.2 Å². The molecule has 2 aromatic carbocycles. The summed E-state index contributed by atoms with van der Waals surface area (Å²) in [5.74, 6) is 0.975. The van der Waals surface area contributed by atoms with Gasteiger partial charge in [-0.25, -0.2) is 0 Å². The van der Waals surface area contributed by atoms with E-state index in [0.29, 0.717) is 10.0 Å². The van der Waals surface area contributed by atoms with Crippen molar-refractivity contribution in [2.24, 2.45) is 0 Å². The van der Waals surface area contributed by atoms with Gasteiger partial charge in [0, 0.05) is 12.0 Å². The maximum atomic E-state index is 6.35. The highest BCUT2D eigenvalue weighted by Gasteiger charge is 2.24. The third-order valence-corrected chi connectivity index (χ3v) is 4.47. The van der Waals surface area contributed by atoms with Crippen LogP contribution in [0, 0.1) is 0 Å². The normalized spacial score (nSPS) is 14.8. The molecule has 2 nitrogen and oxygen atoms in total. The second kappa shape index (κ2) is 5.65. The number of rotatable bonds is 3. The molecule has 0 saturated carbocycles. The third kappa shape index (κ3) is 2.28. The molecule has 2 aromatic rings. The van der Waals surface area contributed by atoms with Crippen molar-refractivity contribution in [3.8, 4) is 5.75 Å². The molecular weight excluding hydrogens is 293 g/mol. The zero-order valence-corrected chi connectivity index (χ0v) is 12.6. The van der Waals surface area contributed by atoms with Crippen molar-refractivity contribution in [2.75, 3.05) is 13.7 Å². The Hall–Kier alpha value is -1.22. The standard InChI is InChI=1S/C16H15Cl2NO/c1-19-15(11-5-3-7-13(17)14(11)18)12-6-2-4-10-8-9-20-16(10)12/h2-7,15,19H,8-9H2,1H3. The van der Waals surface area contributed by atoms with Gasteiger partial charge in [0.15, 0.2) is 0 Å². The minimum absolute atomic E-state index is 0.0331. The minimum Gasteiger partial charge on any atom is -0.493 e. The highest BCUT2D eigenvalue weighted by atomic mass is 35.5. The van der Waals surface area contributed by atoms with Crippen LogP contribution in [0.5, 0.6) is 5.75 Å². The van der Waals surface area contributed by atoms with E-state index in [1.54, 1.807) is 6.07 Å². The predicted octanol–water partition coefficient (Wildman–Crippen LogP) is 4.24. The molecule has 20 heavy (non-hydrogen) atoms. The smallest absolute Gasteiger partial charge is 0.127 e. The number of hydrogen-bond acceptors (Lipinski definition) is 2. The fourth-order valence-corrected chi connectivity index (χ4v) is 3.11. The molecule has 0 fully saturated rings. The molecule has 1 N–H and O–H groups in total. The van der Waals surface area contributed by atoms with E-state index in [2.05, 4.69) is 23.5 Å². The molecule has 0 spiro atoms. The molecule has 0 aliphatic carbocycles. The Morgan fingerprint density at radius 3 is 2.65 bits per heavy atom. The number of fused-ring (bicyclic) bond motifs is 1. The second-order valence-corrected chi connectivity index (χ2v) is 5.58. The third-order valence-electron chi connectivity index (χ3n) is 3.64. The fourth-order valence-electron chi connectivity index (χ4n) is 2.69. The summed E-state index contributed by atoms with van der Waals surface area (Å²) in [4.78, 5) is 0. The van der Waals surface area contributed by atoms with Crippen molar-refractivity contribution in [1.82, 2.24) is 5.32 Å². The molecule has 0 radical (unpaired) electrons. The van der Waals surface area contributed by atoms with Gasteiger partial charge in [0.05, 0.1) is 22.7 Å². The lowest BCUT2D eigenvalue weighted by Gasteiger charge is -2.21. The molecule has 1 unspecified atom stereocenters. The summed E-state index contributed by atoms with van der Waals surface area (Å²) in [7, 11) is 1.91. The summed E-state index contributed by atoms with van der Waals surface area (Å²) in [5, 5.41) is 4.46. The van der Waals surface area contributed by atoms with Crippen LogP contribution in [0.25, 0.3) is 0 Å². The van der Waals surface area contributed by atoms with Crippen molar-refractivity contribution >= 4 is 23.2 Å². The Morgan fingerprint density at radius 2 is 1.85 bits per heavy atom.